The molecular weight excluding hydrogens is 324 g/mol. The minimum absolute atomic E-state index is 0.0407. The normalized spacial score (nSPS) is 41.3. The Labute approximate surface area is 143 Å². The van der Waals surface area contributed by atoms with E-state index in [-0.39, 0.29) is 41.9 Å². The summed E-state index contributed by atoms with van der Waals surface area (Å²) in [5.41, 5.74) is -3.71. The van der Waals surface area contributed by atoms with Gasteiger partial charge in [-0.1, -0.05) is 17.7 Å². The van der Waals surface area contributed by atoms with E-state index in [1.807, 2.05) is 0 Å². The number of fused-ring (bicyclic) bond motifs is 2. The highest BCUT2D eigenvalue weighted by Crippen LogP contribution is 2.69. The molecule has 0 unspecified atom stereocenters. The van der Waals surface area contributed by atoms with Crippen LogP contribution in [0.1, 0.15) is 46.9 Å². The number of rotatable bonds is 0. The van der Waals surface area contributed by atoms with Crippen LogP contribution in [0.25, 0.3) is 0 Å². The van der Waals surface area contributed by atoms with Crippen LogP contribution in [0.5, 0.6) is 5.75 Å². The molecule has 2 fully saturated rings. The van der Waals surface area contributed by atoms with Gasteiger partial charge in [0, 0.05) is 5.56 Å². The van der Waals surface area contributed by atoms with Crippen molar-refractivity contribution >= 4 is 17.3 Å². The van der Waals surface area contributed by atoms with Crippen LogP contribution in [-0.2, 0) is 9.53 Å². The second-order valence-corrected chi connectivity index (χ2v) is 7.63. The lowest BCUT2D eigenvalue weighted by Gasteiger charge is -2.46. The molecule has 2 N–H and O–H groups in total. The summed E-state index contributed by atoms with van der Waals surface area (Å²) in [5, 5.41) is 21.2. The molecule has 1 saturated carbocycles. The van der Waals surface area contributed by atoms with E-state index in [0.717, 1.165) is 5.57 Å². The maximum Gasteiger partial charge on any atom is 0.202 e. The van der Waals surface area contributed by atoms with Gasteiger partial charge in [0.25, 0.3) is 0 Å². The first kappa shape index (κ1) is 15.0. The molecule has 1 heterocycles. The summed E-state index contributed by atoms with van der Waals surface area (Å²) in [5.74, 6) is -2.70. The van der Waals surface area contributed by atoms with Gasteiger partial charge < -0.3 is 14.9 Å². The van der Waals surface area contributed by atoms with Gasteiger partial charge in [0.15, 0.2) is 22.8 Å². The van der Waals surface area contributed by atoms with Crippen molar-refractivity contribution in [2.45, 2.75) is 43.0 Å². The van der Waals surface area contributed by atoms with Gasteiger partial charge >= 0.3 is 0 Å². The van der Waals surface area contributed by atoms with E-state index >= 15 is 0 Å². The van der Waals surface area contributed by atoms with Gasteiger partial charge in [-0.25, -0.2) is 0 Å². The van der Waals surface area contributed by atoms with Gasteiger partial charge in [-0.15, -0.1) is 0 Å². The fourth-order valence-electron chi connectivity index (χ4n) is 5.27. The molecule has 5 rings (SSSR count). The van der Waals surface area contributed by atoms with Gasteiger partial charge in [-0.05, 0) is 38.3 Å². The summed E-state index contributed by atoms with van der Waals surface area (Å²) in [7, 11) is 0. The van der Waals surface area contributed by atoms with Crippen molar-refractivity contribution in [3.05, 3.63) is 41.0 Å². The van der Waals surface area contributed by atoms with Gasteiger partial charge in [0.1, 0.15) is 5.75 Å². The number of benzene rings is 1. The van der Waals surface area contributed by atoms with Crippen LogP contribution < -0.4 is 0 Å². The molecule has 128 valence electrons. The van der Waals surface area contributed by atoms with Crippen LogP contribution in [0.15, 0.2) is 29.8 Å². The minimum atomic E-state index is -1.65. The second-order valence-electron chi connectivity index (χ2n) is 7.63. The van der Waals surface area contributed by atoms with Crippen molar-refractivity contribution in [3.63, 3.8) is 0 Å². The fraction of sp³-hybridized carbons (Fsp3) is 0.421. The fourth-order valence-corrected chi connectivity index (χ4v) is 5.27. The van der Waals surface area contributed by atoms with Crippen molar-refractivity contribution in [2.24, 2.45) is 5.92 Å². The van der Waals surface area contributed by atoms with E-state index in [0.29, 0.717) is 0 Å². The number of hydrogen-bond acceptors (Lipinski definition) is 6. The zero-order valence-corrected chi connectivity index (χ0v) is 13.5. The molecule has 6 heteroatoms. The Kier molecular flexibility index (Phi) is 2.45. The van der Waals surface area contributed by atoms with E-state index in [1.54, 1.807) is 6.92 Å². The Hall–Kier alpha value is -2.31. The highest BCUT2D eigenvalue weighted by atomic mass is 16.6. The lowest BCUT2D eigenvalue weighted by Crippen LogP contribution is -2.63. The van der Waals surface area contributed by atoms with E-state index in [9.17, 15) is 24.6 Å². The zero-order valence-electron chi connectivity index (χ0n) is 13.5. The van der Waals surface area contributed by atoms with Crippen LogP contribution >= 0.6 is 0 Å². The number of carbonyl (C=O) groups excluding carboxylic acids is 3. The lowest BCUT2D eigenvalue weighted by atomic mass is 9.54. The number of epoxide rings is 1. The van der Waals surface area contributed by atoms with Crippen molar-refractivity contribution in [2.75, 3.05) is 0 Å². The van der Waals surface area contributed by atoms with E-state index in [4.69, 9.17) is 4.74 Å². The Morgan fingerprint density at radius 2 is 1.92 bits per heavy atom. The smallest absolute Gasteiger partial charge is 0.202 e. The molecule has 0 amide bonds. The molecule has 3 aliphatic carbocycles. The third-order valence-electron chi connectivity index (χ3n) is 6.22. The maximum absolute atomic E-state index is 13.3. The number of ether oxygens (including phenoxy) is 1. The maximum atomic E-state index is 13.3. The highest BCUT2D eigenvalue weighted by molar-refractivity contribution is 6.28. The third-order valence-corrected chi connectivity index (χ3v) is 6.22. The Morgan fingerprint density at radius 3 is 2.68 bits per heavy atom. The number of carbonyl (C=O) groups is 3. The topological polar surface area (TPSA) is 104 Å². The van der Waals surface area contributed by atoms with Crippen molar-refractivity contribution in [1.82, 2.24) is 0 Å². The van der Waals surface area contributed by atoms with Crippen LogP contribution in [0.4, 0.5) is 0 Å². The van der Waals surface area contributed by atoms with Crippen molar-refractivity contribution < 1.29 is 29.3 Å². The summed E-state index contributed by atoms with van der Waals surface area (Å²) in [6.07, 6.45) is 2.05. The van der Waals surface area contributed by atoms with Gasteiger partial charge in [0.05, 0.1) is 17.1 Å². The average Bonchev–Trinajstić information content (AvgIpc) is 3.23. The molecule has 0 bridgehead atoms. The molecule has 0 spiro atoms. The number of hydrogen-bond donors (Lipinski definition) is 2. The molecule has 1 aliphatic heterocycles. The molecule has 6 nitrogen and oxygen atoms in total. The minimum Gasteiger partial charge on any atom is -0.507 e. The quantitative estimate of drug-likeness (QED) is 0.691. The summed E-state index contributed by atoms with van der Waals surface area (Å²) in [6.45, 7) is 1.76. The Balaban J connectivity index is 1.77. The predicted octanol–water partition coefficient (Wildman–Crippen LogP) is 1.34. The first-order valence-corrected chi connectivity index (χ1v) is 8.32. The van der Waals surface area contributed by atoms with Crippen molar-refractivity contribution in [1.29, 1.82) is 0 Å². The van der Waals surface area contributed by atoms with Crippen LogP contribution in [-0.4, -0.2) is 44.4 Å². The van der Waals surface area contributed by atoms with Crippen LogP contribution in [0.2, 0.25) is 0 Å². The number of phenolic OH excluding ortho intramolecular Hbond substituents is 1. The SMILES string of the molecule is CC1=CC(=O)[C@H]2[C@](O)(CC[C@@]34O[C@@]23C(=O)c2cccc(O)c2C4=O)C1. The molecule has 0 aromatic heterocycles. The molecule has 1 saturated heterocycles. The zero-order chi connectivity index (χ0) is 17.8. The molecule has 1 aromatic carbocycles. The lowest BCUT2D eigenvalue weighted by molar-refractivity contribution is -0.136. The summed E-state index contributed by atoms with van der Waals surface area (Å²) < 4.78 is 5.80. The number of aliphatic hydroxyl groups is 1. The number of allylic oxidation sites excluding steroid dienone is 1. The van der Waals surface area contributed by atoms with Gasteiger partial charge in [-0.2, -0.15) is 0 Å². The summed E-state index contributed by atoms with van der Waals surface area (Å²) in [4.78, 5) is 39.1. The van der Waals surface area contributed by atoms with Crippen LogP contribution in [0, 0.1) is 5.92 Å². The largest absolute Gasteiger partial charge is 0.507 e. The molecule has 25 heavy (non-hydrogen) atoms. The molecular formula is C19H16O6. The highest BCUT2D eigenvalue weighted by Gasteiger charge is 2.88. The number of aromatic hydroxyl groups is 1. The predicted molar refractivity (Wildman–Crippen MR) is 84.4 cm³/mol. The number of ketones is 3. The van der Waals surface area contributed by atoms with E-state index in [1.165, 1.54) is 24.3 Å². The van der Waals surface area contributed by atoms with E-state index in [2.05, 4.69) is 0 Å². The van der Waals surface area contributed by atoms with Crippen molar-refractivity contribution in [3.8, 4) is 5.75 Å². The molecule has 4 aliphatic rings. The Bertz CT molecular complexity index is 930. The Morgan fingerprint density at radius 1 is 1.16 bits per heavy atom. The second kappa shape index (κ2) is 4.08. The number of Topliss-reactive ketones (excluding diaryl/α,β-unsaturated/α-hetero) is 2. The average molecular weight is 340 g/mol. The molecule has 1 aromatic rings. The molecule has 4 atom stereocenters. The summed E-state index contributed by atoms with van der Waals surface area (Å²) >= 11 is 0. The third kappa shape index (κ3) is 1.43. The first-order chi connectivity index (χ1) is 11.8. The van der Waals surface area contributed by atoms with E-state index < -0.39 is 34.3 Å². The standard InChI is InChI=1S/C19H16O6/c1-9-7-12(21)14-17(24,8-9)5-6-18-16(23)13-10(3-2-4-11(13)20)15(22)19(14,18)25-18/h2-4,7,14,20,24H,5-6,8H2,1H3/t14-,17-,18-,19+/m0/s1. The monoisotopic (exact) mass is 340 g/mol. The van der Waals surface area contributed by atoms with Gasteiger partial charge in [0.2, 0.25) is 5.78 Å². The number of phenols is 1. The van der Waals surface area contributed by atoms with Gasteiger partial charge in [-0.3, -0.25) is 14.4 Å². The molecule has 0 radical (unpaired) electrons. The summed E-state index contributed by atoms with van der Waals surface area (Å²) in [6, 6.07) is 4.29. The van der Waals surface area contributed by atoms with Crippen LogP contribution in [0.3, 0.4) is 0 Å². The first-order valence-electron chi connectivity index (χ1n) is 8.32.